The number of nitrogens with one attached hydrogen (secondary N) is 3. The molecule has 1 amide bonds. The molecule has 0 saturated carbocycles. The number of ether oxygens (including phenoxy) is 1. The van der Waals surface area contributed by atoms with E-state index in [0.717, 1.165) is 11.3 Å². The Kier molecular flexibility index (Phi) is 5.15. The average Bonchev–Trinajstić information content (AvgIpc) is 3.04. The SMILES string of the molecule is CC(NCc1cn[nH]c1NC(=O)OC(C)(C)C)c1cscn1. The van der Waals surface area contributed by atoms with Crippen LogP contribution in [-0.2, 0) is 11.3 Å². The van der Waals surface area contributed by atoms with E-state index < -0.39 is 11.7 Å². The average molecular weight is 323 g/mol. The maximum absolute atomic E-state index is 11.8. The molecule has 7 nitrogen and oxygen atoms in total. The lowest BCUT2D eigenvalue weighted by Crippen LogP contribution is -2.28. The van der Waals surface area contributed by atoms with E-state index in [2.05, 4.69) is 25.8 Å². The van der Waals surface area contributed by atoms with Gasteiger partial charge in [-0.1, -0.05) is 0 Å². The van der Waals surface area contributed by atoms with E-state index in [-0.39, 0.29) is 6.04 Å². The molecule has 2 aromatic heterocycles. The van der Waals surface area contributed by atoms with Crippen LogP contribution in [0, 0.1) is 0 Å². The zero-order valence-electron chi connectivity index (χ0n) is 13.1. The lowest BCUT2D eigenvalue weighted by Gasteiger charge is -2.19. The first-order valence-corrected chi connectivity index (χ1v) is 7.93. The first-order valence-electron chi connectivity index (χ1n) is 6.99. The normalized spacial score (nSPS) is 12.9. The van der Waals surface area contributed by atoms with Gasteiger partial charge in [0, 0.05) is 23.5 Å². The molecule has 0 aliphatic carbocycles. The molecule has 0 aromatic carbocycles. The second-order valence-electron chi connectivity index (χ2n) is 5.91. The third-order valence-electron chi connectivity index (χ3n) is 2.84. The highest BCUT2D eigenvalue weighted by atomic mass is 32.1. The topological polar surface area (TPSA) is 91.9 Å². The number of carbonyl (C=O) groups is 1. The number of carbonyl (C=O) groups excluding carboxylic acids is 1. The van der Waals surface area contributed by atoms with Gasteiger partial charge in [0.25, 0.3) is 0 Å². The summed E-state index contributed by atoms with van der Waals surface area (Å²) in [5.41, 5.74) is 3.12. The van der Waals surface area contributed by atoms with Gasteiger partial charge in [-0.2, -0.15) is 5.10 Å². The van der Waals surface area contributed by atoms with Crippen LogP contribution >= 0.6 is 11.3 Å². The first-order chi connectivity index (χ1) is 10.3. The number of hydrogen-bond donors (Lipinski definition) is 3. The Labute approximate surface area is 133 Å². The highest BCUT2D eigenvalue weighted by Gasteiger charge is 2.18. The fraction of sp³-hybridized carbons (Fsp3) is 0.500. The summed E-state index contributed by atoms with van der Waals surface area (Å²) in [6, 6.07) is 0.121. The summed E-state index contributed by atoms with van der Waals surface area (Å²) < 4.78 is 5.22. The van der Waals surface area contributed by atoms with Crippen LogP contribution in [0.2, 0.25) is 0 Å². The summed E-state index contributed by atoms with van der Waals surface area (Å²) in [5.74, 6) is 0.534. The lowest BCUT2D eigenvalue weighted by atomic mass is 10.2. The van der Waals surface area contributed by atoms with Crippen molar-refractivity contribution < 1.29 is 9.53 Å². The van der Waals surface area contributed by atoms with Crippen molar-refractivity contribution in [3.05, 3.63) is 28.3 Å². The predicted molar refractivity (Wildman–Crippen MR) is 85.8 cm³/mol. The summed E-state index contributed by atoms with van der Waals surface area (Å²) in [7, 11) is 0. The van der Waals surface area contributed by atoms with Gasteiger partial charge in [-0.25, -0.2) is 9.78 Å². The molecule has 0 aliphatic heterocycles. The van der Waals surface area contributed by atoms with Crippen LogP contribution in [-0.4, -0.2) is 26.9 Å². The summed E-state index contributed by atoms with van der Waals surface area (Å²) in [6.45, 7) is 8.04. The molecule has 0 spiro atoms. The van der Waals surface area contributed by atoms with Crippen molar-refractivity contribution in [1.82, 2.24) is 20.5 Å². The molecule has 120 valence electrons. The number of hydrogen-bond acceptors (Lipinski definition) is 6. The van der Waals surface area contributed by atoms with Crippen molar-refractivity contribution in [2.24, 2.45) is 0 Å². The fourth-order valence-electron chi connectivity index (χ4n) is 1.76. The number of rotatable bonds is 5. The third kappa shape index (κ3) is 4.81. The molecule has 2 rings (SSSR count). The molecule has 0 bridgehead atoms. The summed E-state index contributed by atoms with van der Waals surface area (Å²) in [4.78, 5) is 16.1. The van der Waals surface area contributed by atoms with Gasteiger partial charge < -0.3 is 10.1 Å². The minimum absolute atomic E-state index is 0.121. The summed E-state index contributed by atoms with van der Waals surface area (Å²) in [5, 5.41) is 14.7. The standard InChI is InChI=1S/C14H21N5O2S/c1-9(11-7-22-8-16-11)15-5-10-6-17-19-12(10)18-13(20)21-14(2,3)4/h6-9,15H,5H2,1-4H3,(H2,17,18,19,20). The van der Waals surface area contributed by atoms with E-state index in [4.69, 9.17) is 4.74 Å². The Balaban J connectivity index is 1.91. The van der Waals surface area contributed by atoms with Crippen molar-refractivity contribution in [3.63, 3.8) is 0 Å². The lowest BCUT2D eigenvalue weighted by molar-refractivity contribution is 0.0635. The molecule has 0 radical (unpaired) electrons. The predicted octanol–water partition coefficient (Wildman–Crippen LogP) is 3.06. The van der Waals surface area contributed by atoms with Crippen LogP contribution in [0.25, 0.3) is 0 Å². The highest BCUT2D eigenvalue weighted by Crippen LogP contribution is 2.16. The minimum atomic E-state index is -0.540. The molecule has 22 heavy (non-hydrogen) atoms. The summed E-state index contributed by atoms with van der Waals surface area (Å²) in [6.07, 6.45) is 1.17. The number of nitrogens with zero attached hydrogens (tertiary/aromatic N) is 2. The maximum atomic E-state index is 11.8. The van der Waals surface area contributed by atoms with E-state index >= 15 is 0 Å². The molecular formula is C14H21N5O2S. The van der Waals surface area contributed by atoms with Crippen molar-refractivity contribution in [3.8, 4) is 0 Å². The van der Waals surface area contributed by atoms with Gasteiger partial charge in [-0.05, 0) is 27.7 Å². The summed E-state index contributed by atoms with van der Waals surface area (Å²) >= 11 is 1.56. The van der Waals surface area contributed by atoms with Crippen LogP contribution in [0.5, 0.6) is 0 Å². The molecule has 3 N–H and O–H groups in total. The second-order valence-corrected chi connectivity index (χ2v) is 6.63. The fourth-order valence-corrected chi connectivity index (χ4v) is 2.41. The van der Waals surface area contributed by atoms with Gasteiger partial charge in [0.15, 0.2) is 0 Å². The molecule has 1 atom stereocenters. The Hall–Kier alpha value is -1.93. The number of thiazole rings is 1. The zero-order valence-corrected chi connectivity index (χ0v) is 14.0. The molecule has 2 aromatic rings. The monoisotopic (exact) mass is 323 g/mol. The van der Waals surface area contributed by atoms with Crippen LogP contribution in [0.15, 0.2) is 17.1 Å². The van der Waals surface area contributed by atoms with Gasteiger partial charge in [0.2, 0.25) is 0 Å². The van der Waals surface area contributed by atoms with E-state index in [9.17, 15) is 4.79 Å². The van der Waals surface area contributed by atoms with Crippen molar-refractivity contribution in [2.45, 2.75) is 45.9 Å². The Morgan fingerprint density at radius 3 is 2.91 bits per heavy atom. The second kappa shape index (κ2) is 6.89. The molecular weight excluding hydrogens is 302 g/mol. The van der Waals surface area contributed by atoms with Gasteiger partial charge in [0.05, 0.1) is 17.4 Å². The Bertz CT molecular complexity index is 603. The molecule has 0 aliphatic rings. The molecule has 2 heterocycles. The van der Waals surface area contributed by atoms with Crippen molar-refractivity contribution in [1.29, 1.82) is 0 Å². The number of anilines is 1. The molecule has 0 saturated heterocycles. The van der Waals surface area contributed by atoms with E-state index in [1.54, 1.807) is 23.0 Å². The van der Waals surface area contributed by atoms with Gasteiger partial charge in [0.1, 0.15) is 11.4 Å². The molecule has 1 unspecified atom stereocenters. The van der Waals surface area contributed by atoms with Crippen LogP contribution in [0.4, 0.5) is 10.6 Å². The van der Waals surface area contributed by atoms with Crippen molar-refractivity contribution >= 4 is 23.2 Å². The number of amides is 1. The zero-order chi connectivity index (χ0) is 16.2. The highest BCUT2D eigenvalue weighted by molar-refractivity contribution is 7.07. The van der Waals surface area contributed by atoms with Gasteiger partial charge >= 0.3 is 6.09 Å². The van der Waals surface area contributed by atoms with Gasteiger partial charge in [-0.15, -0.1) is 11.3 Å². The van der Waals surface area contributed by atoms with E-state index in [1.165, 1.54) is 0 Å². The van der Waals surface area contributed by atoms with Crippen molar-refractivity contribution in [2.75, 3.05) is 5.32 Å². The number of aromatic nitrogens is 3. The van der Waals surface area contributed by atoms with E-state index in [1.807, 2.05) is 33.1 Å². The van der Waals surface area contributed by atoms with Crippen LogP contribution in [0.1, 0.15) is 45.0 Å². The minimum Gasteiger partial charge on any atom is -0.444 e. The van der Waals surface area contributed by atoms with Crippen LogP contribution < -0.4 is 10.6 Å². The smallest absolute Gasteiger partial charge is 0.413 e. The Morgan fingerprint density at radius 2 is 2.27 bits per heavy atom. The van der Waals surface area contributed by atoms with E-state index in [0.29, 0.717) is 12.4 Å². The molecule has 8 heteroatoms. The largest absolute Gasteiger partial charge is 0.444 e. The number of H-pyrrole nitrogens is 1. The third-order valence-corrected chi connectivity index (χ3v) is 3.44. The maximum Gasteiger partial charge on any atom is 0.413 e. The quantitative estimate of drug-likeness (QED) is 0.786. The first kappa shape index (κ1) is 16.4. The Morgan fingerprint density at radius 1 is 1.50 bits per heavy atom. The number of aromatic amines is 1. The van der Waals surface area contributed by atoms with Crippen LogP contribution in [0.3, 0.4) is 0 Å². The molecule has 0 fully saturated rings. The van der Waals surface area contributed by atoms with Gasteiger partial charge in [-0.3, -0.25) is 10.4 Å².